The molecule has 3 aromatic rings. The van der Waals surface area contributed by atoms with Crippen LogP contribution in [0.3, 0.4) is 0 Å². The quantitative estimate of drug-likeness (QED) is 0.777. The molecule has 0 radical (unpaired) electrons. The van der Waals surface area contributed by atoms with Gasteiger partial charge in [0.2, 0.25) is 5.95 Å². The van der Waals surface area contributed by atoms with Crippen LogP contribution in [0.1, 0.15) is 16.1 Å². The fourth-order valence-electron chi connectivity index (χ4n) is 2.99. The van der Waals surface area contributed by atoms with Gasteiger partial charge in [0, 0.05) is 54.5 Å². The molecule has 25 heavy (non-hydrogen) atoms. The van der Waals surface area contributed by atoms with E-state index in [1.54, 1.807) is 18.4 Å². The monoisotopic (exact) mass is 353 g/mol. The summed E-state index contributed by atoms with van der Waals surface area (Å²) in [5.74, 6) is 1.22. The molecule has 128 valence electrons. The number of rotatable bonds is 4. The minimum Gasteiger partial charge on any atom is -0.497 e. The van der Waals surface area contributed by atoms with E-state index >= 15 is 0 Å². The standard InChI is InChI=1S/C18H19N5OS/c1-24-14-4-2-12(3-5-14)17-20-9-15(25-17)11-23-7-6-16-13(10-23)8-21-18(19)22-16/h2-5,8-9H,6-7,10-11H2,1H3,(H2,19,21,22). The first-order valence-corrected chi connectivity index (χ1v) is 8.94. The third kappa shape index (κ3) is 3.47. The Bertz CT molecular complexity index is 877. The van der Waals surface area contributed by atoms with Crippen LogP contribution < -0.4 is 10.5 Å². The van der Waals surface area contributed by atoms with Gasteiger partial charge in [-0.3, -0.25) is 4.90 Å². The highest BCUT2D eigenvalue weighted by Gasteiger charge is 2.19. The van der Waals surface area contributed by atoms with E-state index < -0.39 is 0 Å². The molecule has 0 spiro atoms. The number of hydrogen-bond acceptors (Lipinski definition) is 7. The van der Waals surface area contributed by atoms with Crippen LogP contribution in [0.25, 0.3) is 10.6 Å². The van der Waals surface area contributed by atoms with Crippen molar-refractivity contribution in [1.29, 1.82) is 0 Å². The summed E-state index contributed by atoms with van der Waals surface area (Å²) in [7, 11) is 1.67. The lowest BCUT2D eigenvalue weighted by atomic mass is 10.1. The molecule has 0 aliphatic carbocycles. The molecule has 0 saturated carbocycles. The minimum atomic E-state index is 0.360. The van der Waals surface area contributed by atoms with E-state index in [4.69, 9.17) is 10.5 Å². The molecular formula is C18H19N5OS. The van der Waals surface area contributed by atoms with Gasteiger partial charge in [-0.25, -0.2) is 15.0 Å². The molecule has 6 nitrogen and oxygen atoms in total. The van der Waals surface area contributed by atoms with Crippen LogP contribution in [-0.4, -0.2) is 33.5 Å². The van der Waals surface area contributed by atoms with Crippen LogP contribution in [0, 0.1) is 0 Å². The van der Waals surface area contributed by atoms with Crippen molar-refractivity contribution >= 4 is 17.3 Å². The van der Waals surface area contributed by atoms with Gasteiger partial charge in [0.1, 0.15) is 10.8 Å². The molecule has 1 aromatic carbocycles. The molecule has 1 aliphatic heterocycles. The second kappa shape index (κ2) is 6.78. The summed E-state index contributed by atoms with van der Waals surface area (Å²) in [5.41, 5.74) is 9.02. The van der Waals surface area contributed by atoms with Crippen molar-refractivity contribution in [3.05, 3.63) is 52.8 Å². The first kappa shape index (κ1) is 16.0. The van der Waals surface area contributed by atoms with Crippen LogP contribution in [0.5, 0.6) is 5.75 Å². The zero-order valence-corrected chi connectivity index (χ0v) is 14.8. The summed E-state index contributed by atoms with van der Waals surface area (Å²) < 4.78 is 5.21. The lowest BCUT2D eigenvalue weighted by molar-refractivity contribution is 0.245. The van der Waals surface area contributed by atoms with E-state index in [1.807, 2.05) is 36.7 Å². The van der Waals surface area contributed by atoms with Gasteiger partial charge >= 0.3 is 0 Å². The number of anilines is 1. The largest absolute Gasteiger partial charge is 0.497 e. The number of hydrogen-bond donors (Lipinski definition) is 1. The van der Waals surface area contributed by atoms with Crippen molar-refractivity contribution in [2.45, 2.75) is 19.5 Å². The highest BCUT2D eigenvalue weighted by molar-refractivity contribution is 7.15. The number of nitrogen functional groups attached to an aromatic ring is 1. The van der Waals surface area contributed by atoms with E-state index in [1.165, 1.54) is 10.4 Å². The second-order valence-electron chi connectivity index (χ2n) is 6.02. The van der Waals surface area contributed by atoms with Gasteiger partial charge in [0.25, 0.3) is 0 Å². The van der Waals surface area contributed by atoms with E-state index in [2.05, 4.69) is 19.9 Å². The van der Waals surface area contributed by atoms with E-state index in [9.17, 15) is 0 Å². The molecule has 0 amide bonds. The van der Waals surface area contributed by atoms with Crippen molar-refractivity contribution < 1.29 is 4.74 Å². The Morgan fingerprint density at radius 1 is 1.20 bits per heavy atom. The van der Waals surface area contributed by atoms with Gasteiger partial charge in [0.15, 0.2) is 0 Å². The first-order valence-electron chi connectivity index (χ1n) is 8.13. The molecule has 2 aromatic heterocycles. The summed E-state index contributed by atoms with van der Waals surface area (Å²) in [4.78, 5) is 16.7. The topological polar surface area (TPSA) is 77.2 Å². The number of thiazole rings is 1. The Balaban J connectivity index is 1.45. The fraction of sp³-hybridized carbons (Fsp3) is 0.278. The normalized spacial score (nSPS) is 14.3. The highest BCUT2D eigenvalue weighted by Crippen LogP contribution is 2.28. The molecule has 0 bridgehead atoms. The number of benzene rings is 1. The van der Waals surface area contributed by atoms with Gasteiger partial charge in [-0.05, 0) is 24.3 Å². The van der Waals surface area contributed by atoms with Crippen LogP contribution in [0.15, 0.2) is 36.7 Å². The molecule has 7 heteroatoms. The number of ether oxygens (including phenoxy) is 1. The summed E-state index contributed by atoms with van der Waals surface area (Å²) >= 11 is 1.73. The van der Waals surface area contributed by atoms with E-state index in [0.29, 0.717) is 5.95 Å². The Morgan fingerprint density at radius 3 is 2.84 bits per heavy atom. The maximum absolute atomic E-state index is 5.67. The number of fused-ring (bicyclic) bond motifs is 1. The Labute approximate surface area is 150 Å². The van der Waals surface area contributed by atoms with Crippen molar-refractivity contribution in [2.24, 2.45) is 0 Å². The SMILES string of the molecule is COc1ccc(-c2ncc(CN3CCc4nc(N)ncc4C3)s2)cc1. The van der Waals surface area contributed by atoms with E-state index in [0.717, 1.165) is 48.1 Å². The van der Waals surface area contributed by atoms with Gasteiger partial charge in [0.05, 0.1) is 12.8 Å². The smallest absolute Gasteiger partial charge is 0.220 e. The summed E-state index contributed by atoms with van der Waals surface area (Å²) in [6, 6.07) is 8.01. The fourth-order valence-corrected chi connectivity index (χ4v) is 3.95. The molecule has 0 saturated heterocycles. The van der Waals surface area contributed by atoms with Crippen LogP contribution >= 0.6 is 11.3 Å². The molecule has 0 unspecified atom stereocenters. The van der Waals surface area contributed by atoms with Gasteiger partial charge < -0.3 is 10.5 Å². The first-order chi connectivity index (χ1) is 12.2. The second-order valence-corrected chi connectivity index (χ2v) is 7.14. The predicted octanol–water partition coefficient (Wildman–Crippen LogP) is 2.75. The van der Waals surface area contributed by atoms with Gasteiger partial charge in [-0.1, -0.05) is 0 Å². The Morgan fingerprint density at radius 2 is 2.04 bits per heavy atom. The molecule has 1 aliphatic rings. The van der Waals surface area contributed by atoms with Crippen LogP contribution in [-0.2, 0) is 19.5 Å². The number of nitrogens with two attached hydrogens (primary N) is 1. The molecule has 0 fully saturated rings. The molecule has 4 rings (SSSR count). The summed E-state index contributed by atoms with van der Waals surface area (Å²) in [6.07, 6.45) is 4.73. The van der Waals surface area contributed by atoms with E-state index in [-0.39, 0.29) is 0 Å². The molecule has 0 atom stereocenters. The number of aromatic nitrogens is 3. The maximum Gasteiger partial charge on any atom is 0.220 e. The average molecular weight is 353 g/mol. The average Bonchev–Trinajstić information content (AvgIpc) is 3.10. The van der Waals surface area contributed by atoms with Crippen molar-refractivity contribution in [2.75, 3.05) is 19.4 Å². The summed E-state index contributed by atoms with van der Waals surface area (Å²) in [5, 5.41) is 1.03. The van der Waals surface area contributed by atoms with Crippen LogP contribution in [0.4, 0.5) is 5.95 Å². The minimum absolute atomic E-state index is 0.360. The summed E-state index contributed by atoms with van der Waals surface area (Å²) in [6.45, 7) is 2.71. The van der Waals surface area contributed by atoms with Gasteiger partial charge in [-0.15, -0.1) is 11.3 Å². The zero-order valence-electron chi connectivity index (χ0n) is 14.0. The molecule has 3 heterocycles. The van der Waals surface area contributed by atoms with Crippen molar-refractivity contribution in [3.8, 4) is 16.3 Å². The Kier molecular flexibility index (Phi) is 4.33. The number of methoxy groups -OCH3 is 1. The predicted molar refractivity (Wildman–Crippen MR) is 98.4 cm³/mol. The van der Waals surface area contributed by atoms with Gasteiger partial charge in [-0.2, -0.15) is 0 Å². The third-order valence-electron chi connectivity index (χ3n) is 4.30. The zero-order chi connectivity index (χ0) is 17.2. The lowest BCUT2D eigenvalue weighted by Crippen LogP contribution is -2.30. The number of nitrogens with zero attached hydrogens (tertiary/aromatic N) is 4. The third-order valence-corrected chi connectivity index (χ3v) is 5.33. The van der Waals surface area contributed by atoms with Crippen molar-refractivity contribution in [3.63, 3.8) is 0 Å². The van der Waals surface area contributed by atoms with Crippen molar-refractivity contribution in [1.82, 2.24) is 19.9 Å². The maximum atomic E-state index is 5.67. The van der Waals surface area contributed by atoms with Crippen LogP contribution in [0.2, 0.25) is 0 Å². The molecule has 2 N–H and O–H groups in total. The molecular weight excluding hydrogens is 334 g/mol. The Hall–Kier alpha value is -2.51. The lowest BCUT2D eigenvalue weighted by Gasteiger charge is -2.27. The highest BCUT2D eigenvalue weighted by atomic mass is 32.1.